The highest BCUT2D eigenvalue weighted by Gasteiger charge is 2.16. The number of carbonyl (C=O) groups is 1. The molecule has 1 aromatic heterocycles. The van der Waals surface area contributed by atoms with Gasteiger partial charge in [0, 0.05) is 28.8 Å². The molecule has 0 spiro atoms. The summed E-state index contributed by atoms with van der Waals surface area (Å²) in [5, 5.41) is 14.5. The van der Waals surface area contributed by atoms with Gasteiger partial charge in [-0.2, -0.15) is 0 Å². The highest BCUT2D eigenvalue weighted by Crippen LogP contribution is 2.34. The van der Waals surface area contributed by atoms with Crippen LogP contribution in [-0.2, 0) is 13.0 Å². The summed E-state index contributed by atoms with van der Waals surface area (Å²) in [4.78, 5) is 11.8. The predicted molar refractivity (Wildman–Crippen MR) is 138 cm³/mol. The number of nitrogens with one attached hydrogen (secondary N) is 1. The van der Waals surface area contributed by atoms with Gasteiger partial charge in [-0.1, -0.05) is 78.3 Å². The van der Waals surface area contributed by atoms with Crippen LogP contribution in [0.5, 0.6) is 0 Å². The fourth-order valence-electron chi connectivity index (χ4n) is 4.35. The summed E-state index contributed by atoms with van der Waals surface area (Å²) in [7, 11) is 0. The van der Waals surface area contributed by atoms with E-state index in [1.54, 1.807) is 12.1 Å². The van der Waals surface area contributed by atoms with Crippen LogP contribution in [0.15, 0.2) is 103 Å². The monoisotopic (exact) mass is 466 g/mol. The van der Waals surface area contributed by atoms with Crippen molar-refractivity contribution in [2.75, 3.05) is 5.32 Å². The third kappa shape index (κ3) is 4.54. The van der Waals surface area contributed by atoms with Crippen molar-refractivity contribution in [1.29, 1.82) is 0 Å². The number of hydrogen-bond acceptors (Lipinski definition) is 2. The maximum absolute atomic E-state index is 11.8. The average Bonchev–Trinajstić information content (AvgIpc) is 3.19. The standard InChI is InChI=1S/C29H23ClN2O2/c30-23-14-15-25(24(17-23)29(33)34)31-26-12-7-13-27-28(26)22(16-20-8-3-1-4-9-20)19-32(27)18-21-10-5-2-6-11-21/h1-15,17,19,31H,16,18H2,(H,33,34). The fourth-order valence-corrected chi connectivity index (χ4v) is 4.52. The Morgan fingerprint density at radius 2 is 1.53 bits per heavy atom. The lowest BCUT2D eigenvalue weighted by molar-refractivity contribution is 0.0698. The van der Waals surface area contributed by atoms with Crippen LogP contribution in [0.1, 0.15) is 27.0 Å². The molecule has 4 aromatic carbocycles. The largest absolute Gasteiger partial charge is 0.478 e. The Labute approximate surface area is 203 Å². The number of fused-ring (bicyclic) bond motifs is 1. The molecule has 5 heteroatoms. The summed E-state index contributed by atoms with van der Waals surface area (Å²) < 4.78 is 2.26. The van der Waals surface area contributed by atoms with Gasteiger partial charge in [0.1, 0.15) is 0 Å². The number of hydrogen-bond donors (Lipinski definition) is 2. The zero-order chi connectivity index (χ0) is 23.5. The number of aromatic carboxylic acids is 1. The van der Waals surface area contributed by atoms with E-state index in [-0.39, 0.29) is 5.56 Å². The molecule has 4 nitrogen and oxygen atoms in total. The molecule has 168 valence electrons. The smallest absolute Gasteiger partial charge is 0.337 e. The predicted octanol–water partition coefficient (Wildman–Crippen LogP) is 7.38. The molecule has 0 saturated heterocycles. The molecule has 5 rings (SSSR count). The van der Waals surface area contributed by atoms with Crippen molar-refractivity contribution < 1.29 is 9.90 Å². The Kier molecular flexibility index (Phi) is 6.07. The third-order valence-electron chi connectivity index (χ3n) is 5.90. The number of aromatic nitrogens is 1. The topological polar surface area (TPSA) is 54.3 Å². The van der Waals surface area contributed by atoms with E-state index in [4.69, 9.17) is 11.6 Å². The van der Waals surface area contributed by atoms with Gasteiger partial charge in [0.05, 0.1) is 16.8 Å². The Balaban J connectivity index is 1.63. The lowest BCUT2D eigenvalue weighted by atomic mass is 10.0. The van der Waals surface area contributed by atoms with Gasteiger partial charge in [0.25, 0.3) is 0 Å². The van der Waals surface area contributed by atoms with E-state index in [1.807, 2.05) is 48.5 Å². The van der Waals surface area contributed by atoms with Crippen LogP contribution < -0.4 is 5.32 Å². The van der Waals surface area contributed by atoms with Crippen molar-refractivity contribution in [3.63, 3.8) is 0 Å². The lowest BCUT2D eigenvalue weighted by Crippen LogP contribution is -2.03. The maximum atomic E-state index is 11.8. The number of carboxylic acids is 1. The van der Waals surface area contributed by atoms with Crippen LogP contribution in [0.25, 0.3) is 10.9 Å². The molecule has 0 amide bonds. The number of rotatable bonds is 7. The molecule has 0 atom stereocenters. The molecule has 0 aliphatic heterocycles. The van der Waals surface area contributed by atoms with E-state index in [0.29, 0.717) is 10.7 Å². The van der Waals surface area contributed by atoms with E-state index < -0.39 is 5.97 Å². The minimum absolute atomic E-state index is 0.137. The molecular weight excluding hydrogens is 444 g/mol. The summed E-state index contributed by atoms with van der Waals surface area (Å²) in [6.07, 6.45) is 2.97. The van der Waals surface area contributed by atoms with Crippen LogP contribution in [0.2, 0.25) is 5.02 Å². The van der Waals surface area contributed by atoms with Crippen molar-refractivity contribution in [3.8, 4) is 0 Å². The Morgan fingerprint density at radius 1 is 0.824 bits per heavy atom. The molecule has 0 saturated carbocycles. The molecule has 5 aromatic rings. The summed E-state index contributed by atoms with van der Waals surface area (Å²) in [5.74, 6) is -1.02. The number of nitrogens with zero attached hydrogens (tertiary/aromatic N) is 1. The minimum Gasteiger partial charge on any atom is -0.478 e. The van der Waals surface area contributed by atoms with E-state index in [2.05, 4.69) is 46.4 Å². The van der Waals surface area contributed by atoms with Gasteiger partial charge >= 0.3 is 5.97 Å². The first-order chi connectivity index (χ1) is 16.6. The number of benzene rings is 4. The molecule has 0 unspecified atom stereocenters. The normalized spacial score (nSPS) is 11.0. The van der Waals surface area contributed by atoms with Gasteiger partial charge in [0.2, 0.25) is 0 Å². The van der Waals surface area contributed by atoms with Gasteiger partial charge < -0.3 is 15.0 Å². The highest BCUT2D eigenvalue weighted by molar-refractivity contribution is 6.31. The first-order valence-corrected chi connectivity index (χ1v) is 11.4. The zero-order valence-corrected chi connectivity index (χ0v) is 19.2. The number of carboxylic acid groups (broad SMARTS) is 1. The SMILES string of the molecule is O=C(O)c1cc(Cl)ccc1Nc1cccc2c1c(Cc1ccccc1)cn2Cc1ccccc1. The van der Waals surface area contributed by atoms with Gasteiger partial charge in [-0.05, 0) is 53.4 Å². The zero-order valence-electron chi connectivity index (χ0n) is 18.4. The summed E-state index contributed by atoms with van der Waals surface area (Å²) in [6, 6.07) is 31.7. The van der Waals surface area contributed by atoms with Gasteiger partial charge in [-0.15, -0.1) is 0 Å². The third-order valence-corrected chi connectivity index (χ3v) is 6.13. The second kappa shape index (κ2) is 9.46. The van der Waals surface area contributed by atoms with Gasteiger partial charge in [0.15, 0.2) is 0 Å². The molecule has 0 aliphatic carbocycles. The van der Waals surface area contributed by atoms with E-state index in [0.717, 1.165) is 29.6 Å². The summed E-state index contributed by atoms with van der Waals surface area (Å²) in [5.41, 5.74) is 6.20. The molecule has 34 heavy (non-hydrogen) atoms. The van der Waals surface area contributed by atoms with Crippen LogP contribution >= 0.6 is 11.6 Å². The summed E-state index contributed by atoms with van der Waals surface area (Å²) >= 11 is 6.06. The maximum Gasteiger partial charge on any atom is 0.337 e. The minimum atomic E-state index is -1.02. The molecular formula is C29H23ClN2O2. The quantitative estimate of drug-likeness (QED) is 0.263. The lowest BCUT2D eigenvalue weighted by Gasteiger charge is -2.13. The molecule has 0 aliphatic rings. The molecule has 0 fully saturated rings. The first-order valence-electron chi connectivity index (χ1n) is 11.1. The van der Waals surface area contributed by atoms with Crippen molar-refractivity contribution in [3.05, 3.63) is 131 Å². The van der Waals surface area contributed by atoms with Crippen LogP contribution in [0.4, 0.5) is 11.4 Å². The van der Waals surface area contributed by atoms with Gasteiger partial charge in [-0.3, -0.25) is 0 Å². The summed E-state index contributed by atoms with van der Waals surface area (Å²) in [6.45, 7) is 0.747. The Bertz CT molecular complexity index is 1460. The number of halogens is 1. The van der Waals surface area contributed by atoms with Crippen molar-refractivity contribution in [2.45, 2.75) is 13.0 Å². The van der Waals surface area contributed by atoms with E-state index in [1.165, 1.54) is 22.8 Å². The average molecular weight is 467 g/mol. The highest BCUT2D eigenvalue weighted by atomic mass is 35.5. The molecule has 2 N–H and O–H groups in total. The van der Waals surface area contributed by atoms with E-state index >= 15 is 0 Å². The van der Waals surface area contributed by atoms with E-state index in [9.17, 15) is 9.90 Å². The van der Waals surface area contributed by atoms with Crippen LogP contribution in [0, 0.1) is 0 Å². The molecule has 0 radical (unpaired) electrons. The second-order valence-corrected chi connectivity index (χ2v) is 8.69. The Morgan fingerprint density at radius 3 is 2.24 bits per heavy atom. The second-order valence-electron chi connectivity index (χ2n) is 8.25. The van der Waals surface area contributed by atoms with Crippen molar-refractivity contribution in [2.24, 2.45) is 0 Å². The van der Waals surface area contributed by atoms with Gasteiger partial charge in [-0.25, -0.2) is 4.79 Å². The van der Waals surface area contributed by atoms with Crippen LogP contribution in [0.3, 0.4) is 0 Å². The first kappa shape index (κ1) is 21.8. The van der Waals surface area contributed by atoms with Crippen molar-refractivity contribution >= 4 is 39.8 Å². The molecule has 0 bridgehead atoms. The fraction of sp³-hybridized carbons (Fsp3) is 0.0690. The number of anilines is 2. The van der Waals surface area contributed by atoms with Crippen LogP contribution in [-0.4, -0.2) is 15.6 Å². The Hall–Kier alpha value is -4.02. The molecule has 1 heterocycles. The van der Waals surface area contributed by atoms with Crippen molar-refractivity contribution in [1.82, 2.24) is 4.57 Å².